The minimum absolute atomic E-state index is 0.117. The fraction of sp³-hybridized carbons (Fsp3) is 0.0909. The molecular formula is C11H8N2O5. The number of benzene rings is 2. The van der Waals surface area contributed by atoms with Gasteiger partial charge in [0.25, 0.3) is 0 Å². The zero-order valence-corrected chi connectivity index (χ0v) is 9.05. The highest BCUT2D eigenvalue weighted by Gasteiger charge is 2.35. The molecule has 92 valence electrons. The molecule has 0 fully saturated rings. The van der Waals surface area contributed by atoms with Crippen LogP contribution >= 0.6 is 0 Å². The molecule has 0 aliphatic carbocycles. The normalized spacial score (nSPS) is 10.5. The summed E-state index contributed by atoms with van der Waals surface area (Å²) >= 11 is 0. The van der Waals surface area contributed by atoms with Crippen molar-refractivity contribution in [2.45, 2.75) is 6.35 Å². The van der Waals surface area contributed by atoms with Gasteiger partial charge in [0.2, 0.25) is 0 Å². The molecule has 0 saturated carbocycles. The molecule has 0 aliphatic rings. The molecule has 2 rings (SSSR count). The summed E-state index contributed by atoms with van der Waals surface area (Å²) in [5.41, 5.74) is 0. The van der Waals surface area contributed by atoms with Crippen molar-refractivity contribution in [2.24, 2.45) is 0 Å². The average Bonchev–Trinajstić information content (AvgIpc) is 2.35. The van der Waals surface area contributed by atoms with E-state index < -0.39 is 16.2 Å². The van der Waals surface area contributed by atoms with E-state index in [1.807, 2.05) is 0 Å². The Kier molecular flexibility index (Phi) is 3.05. The van der Waals surface area contributed by atoms with Crippen molar-refractivity contribution < 1.29 is 14.6 Å². The van der Waals surface area contributed by atoms with E-state index in [0.29, 0.717) is 5.39 Å². The van der Waals surface area contributed by atoms with Crippen molar-refractivity contribution in [1.82, 2.24) is 0 Å². The first kappa shape index (κ1) is 11.8. The van der Waals surface area contributed by atoms with Gasteiger partial charge in [-0.15, -0.1) is 0 Å². The van der Waals surface area contributed by atoms with Crippen molar-refractivity contribution in [2.75, 3.05) is 0 Å². The van der Waals surface area contributed by atoms with Crippen molar-refractivity contribution in [3.63, 3.8) is 0 Å². The zero-order chi connectivity index (χ0) is 13.1. The lowest BCUT2D eigenvalue weighted by atomic mass is 10.1. The van der Waals surface area contributed by atoms with Crippen LogP contribution in [0.5, 0.6) is 5.75 Å². The lowest BCUT2D eigenvalue weighted by Gasteiger charge is -2.07. The minimum Gasteiger partial charge on any atom is -0.373 e. The SMILES string of the molecule is O=[N+]([O-])C(Oc1cccc2ccccc12)[N+](=O)[O-]. The Hall–Kier alpha value is -2.70. The van der Waals surface area contributed by atoms with Gasteiger partial charge in [-0.3, -0.25) is 20.2 Å². The number of ether oxygens (including phenoxy) is 1. The first-order chi connectivity index (χ1) is 8.59. The van der Waals surface area contributed by atoms with Crippen molar-refractivity contribution >= 4 is 10.8 Å². The fourth-order valence-electron chi connectivity index (χ4n) is 1.58. The van der Waals surface area contributed by atoms with Gasteiger partial charge in [-0.2, -0.15) is 0 Å². The van der Waals surface area contributed by atoms with Crippen LogP contribution < -0.4 is 4.74 Å². The van der Waals surface area contributed by atoms with E-state index in [1.165, 1.54) is 6.07 Å². The van der Waals surface area contributed by atoms with E-state index in [2.05, 4.69) is 0 Å². The molecular weight excluding hydrogens is 240 g/mol. The van der Waals surface area contributed by atoms with Gasteiger partial charge >= 0.3 is 6.35 Å². The van der Waals surface area contributed by atoms with Crippen LogP contribution in [-0.4, -0.2) is 16.2 Å². The number of hydrogen-bond acceptors (Lipinski definition) is 5. The summed E-state index contributed by atoms with van der Waals surface area (Å²) in [7, 11) is 0. The molecule has 0 N–H and O–H groups in total. The Morgan fingerprint density at radius 2 is 1.56 bits per heavy atom. The van der Waals surface area contributed by atoms with Crippen LogP contribution in [0.4, 0.5) is 0 Å². The van der Waals surface area contributed by atoms with Gasteiger partial charge < -0.3 is 4.74 Å². The molecule has 0 aliphatic heterocycles. The Bertz CT molecular complexity index is 594. The molecule has 0 heterocycles. The number of nitro groups is 2. The summed E-state index contributed by atoms with van der Waals surface area (Å²) in [6.07, 6.45) is -2.30. The molecule has 0 atom stereocenters. The van der Waals surface area contributed by atoms with E-state index >= 15 is 0 Å². The molecule has 7 heteroatoms. The predicted molar refractivity (Wildman–Crippen MR) is 62.4 cm³/mol. The van der Waals surface area contributed by atoms with Crippen LogP contribution in [0.2, 0.25) is 0 Å². The molecule has 2 aromatic carbocycles. The van der Waals surface area contributed by atoms with Gasteiger partial charge in [0.1, 0.15) is 15.6 Å². The van der Waals surface area contributed by atoms with Crippen LogP contribution in [0.3, 0.4) is 0 Å². The number of fused-ring (bicyclic) bond motifs is 1. The highest BCUT2D eigenvalue weighted by atomic mass is 16.7. The van der Waals surface area contributed by atoms with Gasteiger partial charge in [-0.05, 0) is 11.5 Å². The van der Waals surface area contributed by atoms with Crippen LogP contribution in [0.15, 0.2) is 42.5 Å². The van der Waals surface area contributed by atoms with Crippen molar-refractivity contribution in [3.05, 3.63) is 62.7 Å². The second-order valence-electron chi connectivity index (χ2n) is 3.49. The van der Waals surface area contributed by atoms with Crippen LogP contribution in [-0.2, 0) is 0 Å². The third kappa shape index (κ3) is 2.19. The summed E-state index contributed by atoms with van der Waals surface area (Å²) in [4.78, 5) is 18.9. The fourth-order valence-corrected chi connectivity index (χ4v) is 1.58. The summed E-state index contributed by atoms with van der Waals surface area (Å²) in [6, 6.07) is 11.9. The molecule has 0 amide bonds. The Morgan fingerprint density at radius 1 is 0.944 bits per heavy atom. The highest BCUT2D eigenvalue weighted by Crippen LogP contribution is 2.26. The Balaban J connectivity index is 2.42. The smallest absolute Gasteiger partial charge is 0.373 e. The average molecular weight is 248 g/mol. The molecule has 0 spiro atoms. The van der Waals surface area contributed by atoms with E-state index in [9.17, 15) is 20.2 Å². The van der Waals surface area contributed by atoms with Crippen molar-refractivity contribution in [3.8, 4) is 5.75 Å². The van der Waals surface area contributed by atoms with Crippen LogP contribution in [0.25, 0.3) is 10.8 Å². The molecule has 7 nitrogen and oxygen atoms in total. The molecule has 0 aromatic heterocycles. The maximum Gasteiger partial charge on any atom is 0.611 e. The third-order valence-electron chi connectivity index (χ3n) is 2.34. The van der Waals surface area contributed by atoms with E-state index in [1.54, 1.807) is 36.4 Å². The maximum absolute atomic E-state index is 10.5. The zero-order valence-electron chi connectivity index (χ0n) is 9.05. The van der Waals surface area contributed by atoms with Crippen LogP contribution in [0, 0.1) is 20.2 Å². The first-order valence-electron chi connectivity index (χ1n) is 5.01. The second-order valence-corrected chi connectivity index (χ2v) is 3.49. The summed E-state index contributed by atoms with van der Waals surface area (Å²) in [5.74, 6) is 0.117. The van der Waals surface area contributed by atoms with E-state index in [0.717, 1.165) is 5.39 Å². The topological polar surface area (TPSA) is 95.5 Å². The molecule has 0 radical (unpaired) electrons. The van der Waals surface area contributed by atoms with Gasteiger partial charge in [0.15, 0.2) is 0 Å². The first-order valence-corrected chi connectivity index (χ1v) is 5.01. The number of rotatable bonds is 4. The molecule has 18 heavy (non-hydrogen) atoms. The predicted octanol–water partition coefficient (Wildman–Crippen LogP) is 2.06. The second kappa shape index (κ2) is 4.66. The van der Waals surface area contributed by atoms with E-state index in [4.69, 9.17) is 4.74 Å². The largest absolute Gasteiger partial charge is 0.611 e. The number of hydrogen-bond donors (Lipinski definition) is 0. The monoisotopic (exact) mass is 248 g/mol. The Labute approximate surface area is 101 Å². The van der Waals surface area contributed by atoms with Gasteiger partial charge in [-0.1, -0.05) is 36.4 Å². The summed E-state index contributed by atoms with van der Waals surface area (Å²) in [5, 5.41) is 22.4. The maximum atomic E-state index is 10.5. The Morgan fingerprint density at radius 3 is 2.22 bits per heavy atom. The quantitative estimate of drug-likeness (QED) is 0.468. The molecule has 0 unspecified atom stereocenters. The summed E-state index contributed by atoms with van der Waals surface area (Å²) < 4.78 is 4.85. The third-order valence-corrected chi connectivity index (χ3v) is 2.34. The standard InChI is InChI=1S/C11H8N2O5/c14-12(15)11(13(16)17)18-10-7-3-5-8-4-1-2-6-9(8)10/h1-7,11H. The van der Waals surface area contributed by atoms with E-state index in [-0.39, 0.29) is 5.75 Å². The van der Waals surface area contributed by atoms with Gasteiger partial charge in [0, 0.05) is 5.39 Å². The molecule has 0 saturated heterocycles. The minimum atomic E-state index is -2.30. The summed E-state index contributed by atoms with van der Waals surface area (Å²) in [6.45, 7) is 0. The highest BCUT2D eigenvalue weighted by molar-refractivity contribution is 5.88. The van der Waals surface area contributed by atoms with Crippen LogP contribution in [0.1, 0.15) is 0 Å². The lowest BCUT2D eigenvalue weighted by Crippen LogP contribution is -2.34. The lowest BCUT2D eigenvalue weighted by molar-refractivity contribution is -0.781. The van der Waals surface area contributed by atoms with Gasteiger partial charge in [0.05, 0.1) is 0 Å². The molecule has 0 bridgehead atoms. The molecule has 2 aromatic rings. The van der Waals surface area contributed by atoms with Crippen molar-refractivity contribution in [1.29, 1.82) is 0 Å². The number of nitrogens with zero attached hydrogens (tertiary/aromatic N) is 2. The van der Waals surface area contributed by atoms with Gasteiger partial charge in [-0.25, -0.2) is 0 Å².